The SMILES string of the molecule is CC(CO)COC(=O)c1ccc([N+](=O)[O-])cc1. The lowest BCUT2D eigenvalue weighted by Gasteiger charge is -2.08. The van der Waals surface area contributed by atoms with E-state index in [1.54, 1.807) is 6.92 Å². The molecule has 0 aliphatic carbocycles. The molecule has 1 aromatic carbocycles. The lowest BCUT2D eigenvalue weighted by molar-refractivity contribution is -0.384. The summed E-state index contributed by atoms with van der Waals surface area (Å²) in [4.78, 5) is 21.3. The Morgan fingerprint density at radius 3 is 2.53 bits per heavy atom. The maximum Gasteiger partial charge on any atom is 0.338 e. The summed E-state index contributed by atoms with van der Waals surface area (Å²) in [5, 5.41) is 19.1. The van der Waals surface area contributed by atoms with Crippen LogP contribution in [0.15, 0.2) is 24.3 Å². The molecule has 0 saturated heterocycles. The van der Waals surface area contributed by atoms with Crippen LogP contribution in [0.5, 0.6) is 0 Å². The smallest absolute Gasteiger partial charge is 0.338 e. The van der Waals surface area contributed by atoms with Crippen LogP contribution in [0.2, 0.25) is 0 Å². The van der Waals surface area contributed by atoms with Gasteiger partial charge in [-0.25, -0.2) is 4.79 Å². The van der Waals surface area contributed by atoms with Crippen LogP contribution in [-0.4, -0.2) is 29.2 Å². The Labute approximate surface area is 98.0 Å². The number of aliphatic hydroxyl groups is 1. The summed E-state index contributed by atoms with van der Waals surface area (Å²) in [6.45, 7) is 1.79. The van der Waals surface area contributed by atoms with Gasteiger partial charge in [-0.3, -0.25) is 10.1 Å². The molecule has 6 nitrogen and oxygen atoms in total. The molecule has 1 aromatic rings. The number of nitro groups is 1. The third-order valence-electron chi connectivity index (χ3n) is 2.12. The maximum absolute atomic E-state index is 11.5. The van der Waals surface area contributed by atoms with Crippen molar-refractivity contribution in [3.8, 4) is 0 Å². The predicted molar refractivity (Wildman–Crippen MR) is 59.6 cm³/mol. The molecule has 1 atom stereocenters. The molecule has 17 heavy (non-hydrogen) atoms. The number of nitro benzene ring substituents is 1. The van der Waals surface area contributed by atoms with E-state index in [-0.39, 0.29) is 30.4 Å². The van der Waals surface area contributed by atoms with E-state index in [9.17, 15) is 14.9 Å². The van der Waals surface area contributed by atoms with Crippen LogP contribution in [0, 0.1) is 16.0 Å². The average Bonchev–Trinajstić information content (AvgIpc) is 2.35. The highest BCUT2D eigenvalue weighted by molar-refractivity contribution is 5.89. The lowest BCUT2D eigenvalue weighted by atomic mass is 10.2. The van der Waals surface area contributed by atoms with Gasteiger partial charge < -0.3 is 9.84 Å². The van der Waals surface area contributed by atoms with Gasteiger partial charge in [0, 0.05) is 24.7 Å². The third-order valence-corrected chi connectivity index (χ3v) is 2.12. The van der Waals surface area contributed by atoms with Gasteiger partial charge in [-0.05, 0) is 12.1 Å². The molecule has 1 unspecified atom stereocenters. The van der Waals surface area contributed by atoms with E-state index in [0.717, 1.165) is 0 Å². The first-order valence-corrected chi connectivity index (χ1v) is 5.07. The normalized spacial score (nSPS) is 11.9. The first-order chi connectivity index (χ1) is 8.04. The van der Waals surface area contributed by atoms with Crippen LogP contribution >= 0.6 is 0 Å². The molecule has 0 amide bonds. The molecule has 0 aliphatic rings. The zero-order valence-corrected chi connectivity index (χ0v) is 9.33. The summed E-state index contributed by atoms with van der Waals surface area (Å²) in [5.41, 5.74) is 0.172. The fraction of sp³-hybridized carbons (Fsp3) is 0.364. The Morgan fingerprint density at radius 1 is 1.47 bits per heavy atom. The van der Waals surface area contributed by atoms with E-state index < -0.39 is 10.9 Å². The van der Waals surface area contributed by atoms with Gasteiger partial charge >= 0.3 is 5.97 Å². The lowest BCUT2D eigenvalue weighted by Crippen LogP contribution is -2.14. The highest BCUT2D eigenvalue weighted by atomic mass is 16.6. The van der Waals surface area contributed by atoms with Crippen LogP contribution in [0.1, 0.15) is 17.3 Å². The van der Waals surface area contributed by atoms with Gasteiger partial charge in [0.1, 0.15) is 0 Å². The van der Waals surface area contributed by atoms with Crippen LogP contribution in [-0.2, 0) is 4.74 Å². The highest BCUT2D eigenvalue weighted by Crippen LogP contribution is 2.12. The van der Waals surface area contributed by atoms with E-state index in [4.69, 9.17) is 9.84 Å². The van der Waals surface area contributed by atoms with Crippen molar-refractivity contribution in [2.75, 3.05) is 13.2 Å². The second-order valence-electron chi connectivity index (χ2n) is 3.69. The van der Waals surface area contributed by atoms with Gasteiger partial charge in [0.05, 0.1) is 17.1 Å². The van der Waals surface area contributed by atoms with Gasteiger partial charge in [-0.15, -0.1) is 0 Å². The Balaban J connectivity index is 2.61. The van der Waals surface area contributed by atoms with E-state index in [2.05, 4.69) is 0 Å². The van der Waals surface area contributed by atoms with E-state index >= 15 is 0 Å². The minimum atomic E-state index is -0.555. The van der Waals surface area contributed by atoms with Gasteiger partial charge in [0.15, 0.2) is 0 Å². The van der Waals surface area contributed by atoms with E-state index in [0.29, 0.717) is 0 Å². The van der Waals surface area contributed by atoms with Crippen LogP contribution in [0.4, 0.5) is 5.69 Å². The number of carbonyl (C=O) groups is 1. The topological polar surface area (TPSA) is 89.7 Å². The molecular weight excluding hydrogens is 226 g/mol. The number of esters is 1. The standard InChI is InChI=1S/C11H13NO5/c1-8(6-13)7-17-11(14)9-2-4-10(5-3-9)12(15)16/h2-5,8,13H,6-7H2,1H3. The zero-order valence-electron chi connectivity index (χ0n) is 9.33. The third kappa shape index (κ3) is 3.84. The molecular formula is C11H13NO5. The summed E-state index contributed by atoms with van der Waals surface area (Å²) in [6.07, 6.45) is 0. The number of non-ortho nitro benzene ring substituents is 1. The summed E-state index contributed by atoms with van der Waals surface area (Å²) < 4.78 is 4.91. The number of nitrogens with zero attached hydrogens (tertiary/aromatic N) is 1. The fourth-order valence-electron chi connectivity index (χ4n) is 1.07. The average molecular weight is 239 g/mol. The Bertz CT molecular complexity index is 401. The van der Waals surface area contributed by atoms with Crippen LogP contribution in [0.3, 0.4) is 0 Å². The van der Waals surface area contributed by atoms with Crippen molar-refractivity contribution < 1.29 is 19.6 Å². The largest absolute Gasteiger partial charge is 0.462 e. The van der Waals surface area contributed by atoms with Crippen molar-refractivity contribution >= 4 is 11.7 Å². The number of hydrogen-bond acceptors (Lipinski definition) is 5. The Kier molecular flexibility index (Phi) is 4.59. The predicted octanol–water partition coefficient (Wildman–Crippen LogP) is 1.38. The number of carbonyl (C=O) groups excluding carboxylic acids is 1. The van der Waals surface area contributed by atoms with Gasteiger partial charge in [-0.2, -0.15) is 0 Å². The second kappa shape index (κ2) is 5.95. The molecule has 1 N–H and O–H groups in total. The van der Waals surface area contributed by atoms with Crippen molar-refractivity contribution in [3.05, 3.63) is 39.9 Å². The van der Waals surface area contributed by atoms with Crippen molar-refractivity contribution in [3.63, 3.8) is 0 Å². The van der Waals surface area contributed by atoms with E-state index in [1.165, 1.54) is 24.3 Å². The highest BCUT2D eigenvalue weighted by Gasteiger charge is 2.11. The van der Waals surface area contributed by atoms with Gasteiger partial charge in [0.25, 0.3) is 5.69 Å². The van der Waals surface area contributed by atoms with Gasteiger partial charge in [0.2, 0.25) is 0 Å². The minimum Gasteiger partial charge on any atom is -0.462 e. The van der Waals surface area contributed by atoms with E-state index in [1.807, 2.05) is 0 Å². The molecule has 0 heterocycles. The number of ether oxygens (including phenoxy) is 1. The van der Waals surface area contributed by atoms with Crippen LogP contribution < -0.4 is 0 Å². The molecule has 0 aliphatic heterocycles. The molecule has 0 aromatic heterocycles. The molecule has 1 rings (SSSR count). The maximum atomic E-state index is 11.5. The molecule has 92 valence electrons. The van der Waals surface area contributed by atoms with Crippen LogP contribution in [0.25, 0.3) is 0 Å². The number of hydrogen-bond donors (Lipinski definition) is 1. The Morgan fingerprint density at radius 2 is 2.06 bits per heavy atom. The van der Waals surface area contributed by atoms with Gasteiger partial charge in [-0.1, -0.05) is 6.92 Å². The Hall–Kier alpha value is -1.95. The van der Waals surface area contributed by atoms with Crippen molar-refractivity contribution in [1.82, 2.24) is 0 Å². The summed E-state index contributed by atoms with van der Waals surface area (Å²) >= 11 is 0. The minimum absolute atomic E-state index is 0.0620. The molecule has 0 fully saturated rings. The number of benzene rings is 1. The van der Waals surface area contributed by atoms with Crippen molar-refractivity contribution in [2.24, 2.45) is 5.92 Å². The first kappa shape index (κ1) is 13.1. The molecule has 6 heteroatoms. The molecule has 0 saturated carbocycles. The monoisotopic (exact) mass is 239 g/mol. The number of aliphatic hydroxyl groups excluding tert-OH is 1. The molecule has 0 spiro atoms. The summed E-state index contributed by atoms with van der Waals surface area (Å²) in [7, 11) is 0. The molecule has 0 radical (unpaired) electrons. The first-order valence-electron chi connectivity index (χ1n) is 5.07. The summed E-state index contributed by atoms with van der Waals surface area (Å²) in [6, 6.07) is 5.16. The number of rotatable bonds is 5. The van der Waals surface area contributed by atoms with Crippen molar-refractivity contribution in [1.29, 1.82) is 0 Å². The quantitative estimate of drug-likeness (QED) is 0.476. The van der Waals surface area contributed by atoms with Crippen molar-refractivity contribution in [2.45, 2.75) is 6.92 Å². The fourth-order valence-corrected chi connectivity index (χ4v) is 1.07. The zero-order chi connectivity index (χ0) is 12.8. The summed E-state index contributed by atoms with van der Waals surface area (Å²) in [5.74, 6) is -0.683. The molecule has 0 bridgehead atoms. The second-order valence-corrected chi connectivity index (χ2v) is 3.69.